The summed E-state index contributed by atoms with van der Waals surface area (Å²) in [7, 11) is 1.37. The van der Waals surface area contributed by atoms with Gasteiger partial charge in [-0.25, -0.2) is 4.79 Å². The first-order valence-corrected chi connectivity index (χ1v) is 6.59. The third-order valence-electron chi connectivity index (χ3n) is 2.36. The van der Waals surface area contributed by atoms with Crippen molar-refractivity contribution in [1.82, 2.24) is 4.98 Å². The summed E-state index contributed by atoms with van der Waals surface area (Å²) in [5, 5.41) is 0. The van der Waals surface area contributed by atoms with Crippen molar-refractivity contribution in [2.75, 3.05) is 7.11 Å². The highest BCUT2D eigenvalue weighted by Gasteiger charge is 2.12. The summed E-state index contributed by atoms with van der Waals surface area (Å²) >= 11 is 1.64. The monoisotopic (exact) mass is 263 g/mol. The van der Waals surface area contributed by atoms with Gasteiger partial charge in [0.15, 0.2) is 0 Å². The molecular weight excluding hydrogens is 250 g/mol. The van der Waals surface area contributed by atoms with Crippen LogP contribution in [-0.2, 0) is 16.2 Å². The minimum atomic E-state index is -0.350. The number of pyridine rings is 1. The summed E-state index contributed by atoms with van der Waals surface area (Å²) in [5.74, 6) is 1.96. The Kier molecular flexibility index (Phi) is 4.41. The van der Waals surface area contributed by atoms with E-state index in [0.717, 1.165) is 17.2 Å². The van der Waals surface area contributed by atoms with E-state index in [9.17, 15) is 4.79 Å². The second kappa shape index (κ2) is 6.26. The maximum atomic E-state index is 11.5. The Balaban J connectivity index is 1.98. The number of thioether (sulfide) groups is 1. The molecule has 0 spiro atoms. The van der Waals surface area contributed by atoms with Gasteiger partial charge in [0.05, 0.1) is 30.4 Å². The van der Waals surface area contributed by atoms with Gasteiger partial charge in [-0.2, -0.15) is 0 Å². The molecule has 0 amide bonds. The molecular formula is C13H13NO3S. The van der Waals surface area contributed by atoms with Gasteiger partial charge in [-0.05, 0) is 24.3 Å². The molecule has 0 N–H and O–H groups in total. The Morgan fingerprint density at radius 2 is 2.28 bits per heavy atom. The van der Waals surface area contributed by atoms with Crippen LogP contribution in [0.1, 0.15) is 21.8 Å². The Bertz CT molecular complexity index is 511. The standard InChI is InChI=1S/C13H13NO3S/c1-16-13(15)11-5-2-6-14-12(11)9-18-8-10-4-3-7-17-10/h2-7H,8-9H2,1H3. The van der Waals surface area contributed by atoms with E-state index in [2.05, 4.69) is 4.98 Å². The Labute approximate surface area is 109 Å². The second-order valence-electron chi connectivity index (χ2n) is 3.56. The number of nitrogens with zero attached hydrogens (tertiary/aromatic N) is 1. The zero-order valence-electron chi connectivity index (χ0n) is 9.96. The molecule has 94 valence electrons. The van der Waals surface area contributed by atoms with Crippen LogP contribution < -0.4 is 0 Å². The highest BCUT2D eigenvalue weighted by Crippen LogP contribution is 2.19. The Hall–Kier alpha value is -1.75. The van der Waals surface area contributed by atoms with Gasteiger partial charge >= 0.3 is 5.97 Å². The number of esters is 1. The molecule has 0 aliphatic rings. The Morgan fingerprint density at radius 3 is 3.00 bits per heavy atom. The summed E-state index contributed by atoms with van der Waals surface area (Å²) in [6.07, 6.45) is 3.33. The van der Waals surface area contributed by atoms with Crippen molar-refractivity contribution in [3.63, 3.8) is 0 Å². The normalized spacial score (nSPS) is 10.3. The van der Waals surface area contributed by atoms with E-state index in [4.69, 9.17) is 9.15 Å². The molecule has 2 rings (SSSR count). The number of aromatic nitrogens is 1. The minimum absolute atomic E-state index is 0.350. The fraction of sp³-hybridized carbons (Fsp3) is 0.231. The summed E-state index contributed by atoms with van der Waals surface area (Å²) in [5.41, 5.74) is 1.26. The molecule has 2 aromatic heterocycles. The van der Waals surface area contributed by atoms with Gasteiger partial charge in [0.2, 0.25) is 0 Å². The van der Waals surface area contributed by atoms with E-state index in [1.54, 1.807) is 36.4 Å². The molecule has 4 nitrogen and oxygen atoms in total. The molecule has 0 saturated heterocycles. The van der Waals surface area contributed by atoms with Crippen LogP contribution in [0.4, 0.5) is 0 Å². The first-order chi connectivity index (χ1) is 8.81. The molecule has 0 aromatic carbocycles. The number of hydrogen-bond donors (Lipinski definition) is 0. The third-order valence-corrected chi connectivity index (χ3v) is 3.32. The van der Waals surface area contributed by atoms with Gasteiger partial charge < -0.3 is 9.15 Å². The first-order valence-electron chi connectivity index (χ1n) is 5.43. The topological polar surface area (TPSA) is 52.3 Å². The molecule has 5 heteroatoms. The smallest absolute Gasteiger partial charge is 0.339 e. The van der Waals surface area contributed by atoms with Crippen LogP contribution in [0.2, 0.25) is 0 Å². The summed E-state index contributed by atoms with van der Waals surface area (Å²) in [6, 6.07) is 7.23. The van der Waals surface area contributed by atoms with E-state index in [1.807, 2.05) is 12.1 Å². The number of methoxy groups -OCH3 is 1. The van der Waals surface area contributed by atoms with Crippen molar-refractivity contribution in [2.24, 2.45) is 0 Å². The number of carbonyl (C=O) groups excluding carboxylic acids is 1. The largest absolute Gasteiger partial charge is 0.468 e. The van der Waals surface area contributed by atoms with Crippen molar-refractivity contribution in [2.45, 2.75) is 11.5 Å². The van der Waals surface area contributed by atoms with Gasteiger partial charge in [-0.1, -0.05) is 0 Å². The molecule has 0 fully saturated rings. The summed E-state index contributed by atoms with van der Waals surface area (Å²) in [6.45, 7) is 0. The van der Waals surface area contributed by atoms with Crippen LogP contribution in [-0.4, -0.2) is 18.1 Å². The van der Waals surface area contributed by atoms with Crippen LogP contribution in [0.25, 0.3) is 0 Å². The number of ether oxygens (including phenoxy) is 1. The highest BCUT2D eigenvalue weighted by molar-refractivity contribution is 7.97. The maximum Gasteiger partial charge on any atom is 0.339 e. The number of carbonyl (C=O) groups is 1. The molecule has 0 radical (unpaired) electrons. The van der Waals surface area contributed by atoms with Crippen LogP contribution in [0.5, 0.6) is 0 Å². The van der Waals surface area contributed by atoms with E-state index in [0.29, 0.717) is 11.3 Å². The fourth-order valence-corrected chi connectivity index (χ4v) is 2.38. The van der Waals surface area contributed by atoms with E-state index in [-0.39, 0.29) is 5.97 Å². The van der Waals surface area contributed by atoms with Crippen LogP contribution in [0.3, 0.4) is 0 Å². The molecule has 0 saturated carbocycles. The molecule has 0 aliphatic heterocycles. The minimum Gasteiger partial charge on any atom is -0.468 e. The van der Waals surface area contributed by atoms with Gasteiger partial charge in [0.1, 0.15) is 5.76 Å². The highest BCUT2D eigenvalue weighted by atomic mass is 32.2. The lowest BCUT2D eigenvalue weighted by molar-refractivity contribution is 0.0599. The van der Waals surface area contributed by atoms with Gasteiger partial charge in [-0.15, -0.1) is 11.8 Å². The lowest BCUT2D eigenvalue weighted by atomic mass is 10.2. The van der Waals surface area contributed by atoms with Crippen LogP contribution >= 0.6 is 11.8 Å². The average molecular weight is 263 g/mol. The molecule has 18 heavy (non-hydrogen) atoms. The average Bonchev–Trinajstić information content (AvgIpc) is 2.92. The zero-order valence-corrected chi connectivity index (χ0v) is 10.8. The molecule has 2 heterocycles. The van der Waals surface area contributed by atoms with Crippen molar-refractivity contribution >= 4 is 17.7 Å². The zero-order chi connectivity index (χ0) is 12.8. The Morgan fingerprint density at radius 1 is 1.39 bits per heavy atom. The van der Waals surface area contributed by atoms with Crippen molar-refractivity contribution in [3.8, 4) is 0 Å². The lowest BCUT2D eigenvalue weighted by Crippen LogP contribution is -2.06. The summed E-state index contributed by atoms with van der Waals surface area (Å²) in [4.78, 5) is 15.8. The van der Waals surface area contributed by atoms with E-state index < -0.39 is 0 Å². The SMILES string of the molecule is COC(=O)c1cccnc1CSCc1ccco1. The second-order valence-corrected chi connectivity index (χ2v) is 4.55. The van der Waals surface area contributed by atoms with Crippen LogP contribution in [0.15, 0.2) is 41.1 Å². The fourth-order valence-electron chi connectivity index (χ4n) is 1.49. The quantitative estimate of drug-likeness (QED) is 0.776. The van der Waals surface area contributed by atoms with Gasteiger partial charge in [0, 0.05) is 11.9 Å². The first kappa shape index (κ1) is 12.7. The number of furan rings is 1. The predicted octanol–water partition coefficient (Wildman–Crippen LogP) is 2.89. The summed E-state index contributed by atoms with van der Waals surface area (Å²) < 4.78 is 9.96. The maximum absolute atomic E-state index is 11.5. The number of rotatable bonds is 5. The van der Waals surface area contributed by atoms with Gasteiger partial charge in [-0.3, -0.25) is 4.98 Å². The van der Waals surface area contributed by atoms with Gasteiger partial charge in [0.25, 0.3) is 0 Å². The molecule has 0 aliphatic carbocycles. The molecule has 0 atom stereocenters. The van der Waals surface area contributed by atoms with E-state index >= 15 is 0 Å². The molecule has 0 unspecified atom stereocenters. The van der Waals surface area contributed by atoms with Crippen molar-refractivity contribution in [3.05, 3.63) is 53.7 Å². The van der Waals surface area contributed by atoms with Crippen molar-refractivity contribution in [1.29, 1.82) is 0 Å². The van der Waals surface area contributed by atoms with Crippen molar-refractivity contribution < 1.29 is 13.9 Å². The molecule has 2 aromatic rings. The van der Waals surface area contributed by atoms with E-state index in [1.165, 1.54) is 7.11 Å². The number of hydrogen-bond acceptors (Lipinski definition) is 5. The van der Waals surface area contributed by atoms with Crippen LogP contribution in [0, 0.1) is 0 Å². The predicted molar refractivity (Wildman–Crippen MR) is 69.3 cm³/mol. The lowest BCUT2D eigenvalue weighted by Gasteiger charge is -2.05. The molecule has 0 bridgehead atoms. The third kappa shape index (κ3) is 3.13.